The van der Waals surface area contributed by atoms with Gasteiger partial charge in [0, 0.05) is 89.7 Å². The minimum atomic E-state index is 0.852. The molecule has 0 radical (unpaired) electrons. The second-order valence-corrected chi connectivity index (χ2v) is 9.54. The van der Waals surface area contributed by atoms with Gasteiger partial charge in [-0.2, -0.15) is 0 Å². The Morgan fingerprint density at radius 1 is 0.794 bits per heavy atom. The van der Waals surface area contributed by atoms with E-state index >= 15 is 0 Å². The molecule has 6 nitrogen and oxygen atoms in total. The highest BCUT2D eigenvalue weighted by Gasteiger charge is 2.22. The van der Waals surface area contributed by atoms with Crippen LogP contribution in [0, 0.1) is 13.8 Å². The minimum absolute atomic E-state index is 0.852. The Hall–Kier alpha value is -2.34. The van der Waals surface area contributed by atoms with Crippen LogP contribution in [0.3, 0.4) is 0 Å². The van der Waals surface area contributed by atoms with Crippen LogP contribution < -0.4 is 0 Å². The summed E-state index contributed by atoms with van der Waals surface area (Å²) in [5.41, 5.74) is 6.60. The van der Waals surface area contributed by atoms with Crippen molar-refractivity contribution in [1.82, 2.24) is 19.6 Å². The van der Waals surface area contributed by atoms with Crippen LogP contribution in [0.5, 0.6) is 0 Å². The monoisotopic (exact) mass is 466 g/mol. The van der Waals surface area contributed by atoms with E-state index in [4.69, 9.17) is 4.99 Å². The lowest BCUT2D eigenvalue weighted by molar-refractivity contribution is 0.173. The Balaban J connectivity index is 1.64. The van der Waals surface area contributed by atoms with Crippen LogP contribution in [0.2, 0.25) is 0 Å². The average Bonchev–Trinajstić information content (AvgIpc) is 2.84. The van der Waals surface area contributed by atoms with Gasteiger partial charge in [0.2, 0.25) is 0 Å². The zero-order valence-electron chi connectivity index (χ0n) is 22.5. The van der Waals surface area contributed by atoms with Crippen molar-refractivity contribution in [1.29, 1.82) is 0 Å². The lowest BCUT2D eigenvalue weighted by atomic mass is 9.97. The van der Waals surface area contributed by atoms with E-state index in [1.165, 1.54) is 28.1 Å². The third-order valence-corrected chi connectivity index (χ3v) is 7.29. The molecule has 1 aromatic carbocycles. The number of nitrogens with zero attached hydrogens (tertiary/aromatic N) is 6. The van der Waals surface area contributed by atoms with Gasteiger partial charge in [0.15, 0.2) is 0 Å². The Bertz CT molecular complexity index is 886. The molecule has 0 bridgehead atoms. The van der Waals surface area contributed by atoms with E-state index < -0.39 is 0 Å². The molecule has 2 saturated heterocycles. The molecular weight excluding hydrogens is 420 g/mol. The molecule has 0 N–H and O–H groups in total. The number of rotatable bonds is 7. The second-order valence-electron chi connectivity index (χ2n) is 9.54. The number of piperazine rings is 2. The van der Waals surface area contributed by atoms with E-state index in [1.807, 2.05) is 0 Å². The van der Waals surface area contributed by atoms with E-state index in [0.29, 0.717) is 0 Å². The Kier molecular flexibility index (Phi) is 9.57. The van der Waals surface area contributed by atoms with Crippen LogP contribution >= 0.6 is 0 Å². The van der Waals surface area contributed by atoms with Gasteiger partial charge in [-0.05, 0) is 57.4 Å². The normalized spacial score (nSPS) is 18.6. The van der Waals surface area contributed by atoms with Crippen LogP contribution in [-0.2, 0) is 6.54 Å². The zero-order valence-corrected chi connectivity index (χ0v) is 22.5. The Morgan fingerprint density at radius 3 is 1.97 bits per heavy atom. The largest absolute Gasteiger partial charge is 0.368 e. The predicted octanol–water partition coefficient (Wildman–Crippen LogP) is 4.28. The smallest absolute Gasteiger partial charge is 0.0986 e. The molecule has 0 saturated carbocycles. The summed E-state index contributed by atoms with van der Waals surface area (Å²) in [6.45, 7) is 28.7. The quantitative estimate of drug-likeness (QED) is 0.444. The maximum Gasteiger partial charge on any atom is 0.0986 e. The van der Waals surface area contributed by atoms with Crippen LogP contribution in [-0.4, -0.2) is 96.7 Å². The molecule has 34 heavy (non-hydrogen) atoms. The molecule has 1 aromatic rings. The van der Waals surface area contributed by atoms with Gasteiger partial charge in [-0.1, -0.05) is 19.6 Å². The number of benzene rings is 1. The summed E-state index contributed by atoms with van der Waals surface area (Å²) < 4.78 is 0. The molecule has 0 atom stereocenters. The molecule has 0 unspecified atom stereocenters. The third kappa shape index (κ3) is 6.41. The van der Waals surface area contributed by atoms with Gasteiger partial charge in [0.25, 0.3) is 0 Å². The molecule has 0 spiro atoms. The summed E-state index contributed by atoms with van der Waals surface area (Å²) in [4.78, 5) is 19.2. The molecule has 2 aliphatic heterocycles. The van der Waals surface area contributed by atoms with E-state index in [9.17, 15) is 0 Å². The van der Waals surface area contributed by atoms with Crippen molar-refractivity contribution in [3.8, 4) is 0 Å². The van der Waals surface area contributed by atoms with Gasteiger partial charge in [0.05, 0.1) is 11.7 Å². The van der Waals surface area contributed by atoms with Crippen LogP contribution in [0.25, 0.3) is 5.70 Å². The summed E-state index contributed by atoms with van der Waals surface area (Å²) in [7, 11) is 0. The van der Waals surface area contributed by atoms with Crippen LogP contribution in [0.1, 0.15) is 56.4 Å². The van der Waals surface area contributed by atoms with Gasteiger partial charge in [-0.25, -0.2) is 0 Å². The first kappa shape index (κ1) is 26.3. The maximum atomic E-state index is 4.70. The summed E-state index contributed by atoms with van der Waals surface area (Å²) in [6.07, 6.45) is 1.02. The van der Waals surface area contributed by atoms with E-state index in [-0.39, 0.29) is 0 Å². The standard InChI is InChI=1S/C28H46N6/c1-8-28(30-10-3)34-13-11-31(12-14-34)21-26-20-27(23(5)19-22(26)4)24(6)32-15-17-33(18-16-32)25(7)29-9-2/h19-20H,6,8-18,21H2,1-5,7H3. The van der Waals surface area contributed by atoms with E-state index in [2.05, 4.69) is 84.8 Å². The third-order valence-electron chi connectivity index (χ3n) is 7.29. The van der Waals surface area contributed by atoms with Crippen LogP contribution in [0.4, 0.5) is 0 Å². The highest BCUT2D eigenvalue weighted by molar-refractivity contribution is 5.82. The number of hydrogen-bond acceptors (Lipinski definition) is 4. The molecule has 3 rings (SSSR count). The molecule has 188 valence electrons. The molecule has 2 aliphatic rings. The van der Waals surface area contributed by atoms with E-state index in [0.717, 1.165) is 89.9 Å². The van der Waals surface area contributed by atoms with Gasteiger partial charge in [-0.15, -0.1) is 0 Å². The summed E-state index contributed by atoms with van der Waals surface area (Å²) in [6, 6.07) is 4.76. The first-order valence-electron chi connectivity index (χ1n) is 13.2. The van der Waals surface area contributed by atoms with Crippen molar-refractivity contribution in [3.05, 3.63) is 41.0 Å². The maximum absolute atomic E-state index is 4.70. The predicted molar refractivity (Wildman–Crippen MR) is 147 cm³/mol. The Labute approximate surface area is 208 Å². The lowest BCUT2D eigenvalue weighted by Crippen LogP contribution is -2.48. The topological polar surface area (TPSA) is 37.7 Å². The van der Waals surface area contributed by atoms with Crippen LogP contribution in [0.15, 0.2) is 28.7 Å². The van der Waals surface area contributed by atoms with E-state index in [1.54, 1.807) is 0 Å². The molecule has 0 aliphatic carbocycles. The highest BCUT2D eigenvalue weighted by atomic mass is 15.3. The number of amidine groups is 2. The first-order valence-corrected chi connectivity index (χ1v) is 13.2. The number of aryl methyl sites for hydroxylation is 2. The molecule has 2 fully saturated rings. The van der Waals surface area contributed by atoms with Crippen molar-refractivity contribution in [2.75, 3.05) is 65.4 Å². The number of aliphatic imine (C=N–C) groups is 2. The SMILES string of the molecule is C=C(c1cc(CN2CCN(C(CC)=NCC)CC2)c(C)cc1C)N1CCN(C(C)=NCC)CC1. The molecule has 2 heterocycles. The Morgan fingerprint density at radius 2 is 1.38 bits per heavy atom. The summed E-state index contributed by atoms with van der Waals surface area (Å²) in [5, 5.41) is 0. The lowest BCUT2D eigenvalue weighted by Gasteiger charge is -2.38. The van der Waals surface area contributed by atoms with Crippen molar-refractivity contribution in [2.24, 2.45) is 9.98 Å². The molecule has 6 heteroatoms. The minimum Gasteiger partial charge on any atom is -0.368 e. The van der Waals surface area contributed by atoms with Crippen molar-refractivity contribution in [2.45, 2.75) is 54.5 Å². The zero-order chi connectivity index (χ0) is 24.7. The first-order chi connectivity index (χ1) is 16.4. The summed E-state index contributed by atoms with van der Waals surface area (Å²) >= 11 is 0. The fourth-order valence-corrected chi connectivity index (χ4v) is 5.20. The number of hydrogen-bond donors (Lipinski definition) is 0. The molecular formula is C28H46N6. The van der Waals surface area contributed by atoms with Crippen molar-refractivity contribution >= 4 is 17.4 Å². The second kappa shape index (κ2) is 12.4. The van der Waals surface area contributed by atoms with Gasteiger partial charge >= 0.3 is 0 Å². The summed E-state index contributed by atoms with van der Waals surface area (Å²) in [5.74, 6) is 2.43. The van der Waals surface area contributed by atoms with Gasteiger partial charge in [-0.3, -0.25) is 14.9 Å². The molecule has 0 amide bonds. The fourth-order valence-electron chi connectivity index (χ4n) is 5.20. The highest BCUT2D eigenvalue weighted by Crippen LogP contribution is 2.27. The van der Waals surface area contributed by atoms with Crippen molar-refractivity contribution in [3.63, 3.8) is 0 Å². The van der Waals surface area contributed by atoms with Gasteiger partial charge < -0.3 is 14.7 Å². The fraction of sp³-hybridized carbons (Fsp3) is 0.643. The average molecular weight is 467 g/mol. The van der Waals surface area contributed by atoms with Crippen molar-refractivity contribution < 1.29 is 0 Å². The molecule has 0 aromatic heterocycles. The van der Waals surface area contributed by atoms with Gasteiger partial charge in [0.1, 0.15) is 0 Å².